The third-order valence-corrected chi connectivity index (χ3v) is 1.85. The fraction of sp³-hybridized carbons (Fsp3) is 1.00. The molecule has 3 unspecified atom stereocenters. The molecular weight excluding hydrogens is 154 g/mol. The van der Waals surface area contributed by atoms with Crippen molar-refractivity contribution in [3.05, 3.63) is 4.91 Å². The molecule has 0 spiro atoms. The molecule has 3 heteroatoms. The summed E-state index contributed by atoms with van der Waals surface area (Å²) < 4.78 is 5.23. The molecule has 3 atom stereocenters. The largest absolute Gasteiger partial charge is 0.350 e. The maximum atomic E-state index is 10.1. The number of nitroso groups, excluding NO2 is 1. The lowest BCUT2D eigenvalue weighted by Gasteiger charge is -2.27. The second-order valence-electron chi connectivity index (χ2n) is 3.08. The highest BCUT2D eigenvalue weighted by Gasteiger charge is 2.24. The minimum atomic E-state index is -0.390. The number of hydrogen-bond donors (Lipinski definition) is 0. The van der Waals surface area contributed by atoms with Gasteiger partial charge in [-0.3, -0.25) is 0 Å². The number of hydrogen-bond acceptors (Lipinski definition) is 3. The van der Waals surface area contributed by atoms with Crippen molar-refractivity contribution in [1.29, 1.82) is 0 Å². The highest BCUT2D eigenvalue weighted by Crippen LogP contribution is 2.24. The van der Waals surface area contributed by atoms with Crippen molar-refractivity contribution in [2.24, 2.45) is 11.1 Å². The van der Waals surface area contributed by atoms with Crippen LogP contribution in [0.2, 0.25) is 0 Å². The zero-order valence-corrected chi connectivity index (χ0v) is 8.41. The summed E-state index contributed by atoms with van der Waals surface area (Å²) in [5, 5.41) is 2.88. The Hall–Kier alpha value is -0.440. The zero-order chi connectivity index (χ0) is 9.56. The number of ether oxygens (including phenoxy) is 1. The Kier molecular flexibility index (Phi) is 5.89. The lowest BCUT2D eigenvalue weighted by atomic mass is 9.97. The van der Waals surface area contributed by atoms with E-state index in [1.54, 1.807) is 0 Å². The average molecular weight is 173 g/mol. The highest BCUT2D eigenvalue weighted by molar-refractivity contribution is 4.70. The maximum Gasteiger partial charge on any atom is 0.190 e. The first-order chi connectivity index (χ1) is 5.72. The van der Waals surface area contributed by atoms with Gasteiger partial charge in [0, 0.05) is 6.42 Å². The minimum Gasteiger partial charge on any atom is -0.350 e. The van der Waals surface area contributed by atoms with Gasteiger partial charge in [0.2, 0.25) is 0 Å². The van der Waals surface area contributed by atoms with E-state index in [2.05, 4.69) is 12.1 Å². The van der Waals surface area contributed by atoms with Gasteiger partial charge in [0.1, 0.15) is 0 Å². The summed E-state index contributed by atoms with van der Waals surface area (Å²) >= 11 is 0. The molecule has 0 radical (unpaired) electrons. The lowest BCUT2D eigenvalue weighted by Crippen LogP contribution is -2.28. The van der Waals surface area contributed by atoms with Crippen molar-refractivity contribution in [3.8, 4) is 0 Å². The van der Waals surface area contributed by atoms with Crippen molar-refractivity contribution in [2.45, 2.75) is 52.9 Å². The normalized spacial score (nSPS) is 34.8. The summed E-state index contributed by atoms with van der Waals surface area (Å²) in [4.78, 5) is 10.1. The smallest absolute Gasteiger partial charge is 0.190 e. The molecule has 0 aromatic heterocycles. The van der Waals surface area contributed by atoms with Crippen LogP contribution >= 0.6 is 0 Å². The van der Waals surface area contributed by atoms with Gasteiger partial charge in [-0.05, 0) is 24.4 Å². The molecule has 0 aliphatic carbocycles. The molecule has 0 aromatic carbocycles. The maximum absolute atomic E-state index is 10.1. The topological polar surface area (TPSA) is 38.7 Å². The van der Waals surface area contributed by atoms with Crippen molar-refractivity contribution in [2.75, 3.05) is 0 Å². The SMILES string of the molecule is CC.CC1CC(C)OC(N=O)C1. The third kappa shape index (κ3) is 3.81. The van der Waals surface area contributed by atoms with Crippen LogP contribution in [0.15, 0.2) is 5.18 Å². The fourth-order valence-corrected chi connectivity index (χ4v) is 1.45. The molecule has 1 heterocycles. The van der Waals surface area contributed by atoms with Gasteiger partial charge in [0.15, 0.2) is 6.23 Å². The van der Waals surface area contributed by atoms with Crippen LogP contribution in [0.3, 0.4) is 0 Å². The summed E-state index contributed by atoms with van der Waals surface area (Å²) in [6, 6.07) is 0. The Balaban J connectivity index is 0.000000561. The van der Waals surface area contributed by atoms with E-state index in [9.17, 15) is 4.91 Å². The molecule has 1 fully saturated rings. The van der Waals surface area contributed by atoms with Crippen molar-refractivity contribution in [3.63, 3.8) is 0 Å². The Morgan fingerprint density at radius 1 is 1.25 bits per heavy atom. The Labute approximate surface area is 74.5 Å². The van der Waals surface area contributed by atoms with Gasteiger partial charge in [0.05, 0.1) is 6.10 Å². The van der Waals surface area contributed by atoms with Crippen LogP contribution in [0.4, 0.5) is 0 Å². The van der Waals surface area contributed by atoms with Crippen molar-refractivity contribution in [1.82, 2.24) is 0 Å². The fourth-order valence-electron chi connectivity index (χ4n) is 1.45. The second-order valence-corrected chi connectivity index (χ2v) is 3.08. The first kappa shape index (κ1) is 11.6. The van der Waals surface area contributed by atoms with E-state index in [0.717, 1.165) is 12.8 Å². The van der Waals surface area contributed by atoms with Crippen LogP contribution in [0.25, 0.3) is 0 Å². The molecule has 0 aromatic rings. The quantitative estimate of drug-likeness (QED) is 0.572. The van der Waals surface area contributed by atoms with E-state index < -0.39 is 6.23 Å². The molecule has 0 amide bonds. The minimum absolute atomic E-state index is 0.200. The van der Waals surface area contributed by atoms with Crippen LogP contribution in [-0.4, -0.2) is 12.3 Å². The molecule has 0 bridgehead atoms. The van der Waals surface area contributed by atoms with E-state index in [0.29, 0.717) is 5.92 Å². The van der Waals surface area contributed by atoms with Crippen LogP contribution in [-0.2, 0) is 4.74 Å². The number of rotatable bonds is 1. The molecule has 0 N–H and O–H groups in total. The monoisotopic (exact) mass is 173 g/mol. The predicted octanol–water partition coefficient (Wildman–Crippen LogP) is 2.94. The zero-order valence-electron chi connectivity index (χ0n) is 8.41. The lowest BCUT2D eigenvalue weighted by molar-refractivity contribution is -0.0541. The molecule has 1 aliphatic heterocycles. The van der Waals surface area contributed by atoms with Gasteiger partial charge in [0.25, 0.3) is 0 Å². The van der Waals surface area contributed by atoms with E-state index in [1.165, 1.54) is 0 Å². The van der Waals surface area contributed by atoms with Crippen molar-refractivity contribution < 1.29 is 4.74 Å². The van der Waals surface area contributed by atoms with Gasteiger partial charge in [-0.25, -0.2) is 0 Å². The predicted molar refractivity (Wildman–Crippen MR) is 49.9 cm³/mol. The molecule has 1 aliphatic rings. The van der Waals surface area contributed by atoms with E-state index in [1.807, 2.05) is 20.8 Å². The summed E-state index contributed by atoms with van der Waals surface area (Å²) in [6.45, 7) is 8.10. The summed E-state index contributed by atoms with van der Waals surface area (Å²) in [5.74, 6) is 0.575. The highest BCUT2D eigenvalue weighted by atomic mass is 16.5. The summed E-state index contributed by atoms with van der Waals surface area (Å²) in [6.07, 6.45) is 1.64. The Morgan fingerprint density at radius 3 is 2.25 bits per heavy atom. The molecule has 1 saturated heterocycles. The van der Waals surface area contributed by atoms with Gasteiger partial charge >= 0.3 is 0 Å². The Morgan fingerprint density at radius 2 is 1.83 bits per heavy atom. The molecule has 3 nitrogen and oxygen atoms in total. The summed E-state index contributed by atoms with van der Waals surface area (Å²) in [7, 11) is 0. The van der Waals surface area contributed by atoms with Crippen LogP contribution in [0, 0.1) is 10.8 Å². The molecule has 1 rings (SSSR count). The molecule has 12 heavy (non-hydrogen) atoms. The molecular formula is C9H19NO2. The van der Waals surface area contributed by atoms with Gasteiger partial charge in [-0.15, -0.1) is 4.91 Å². The second kappa shape index (κ2) is 6.12. The standard InChI is InChI=1S/C7H13NO2.C2H6/c1-5-3-6(2)10-7(4-5)8-9;1-2/h5-7H,3-4H2,1-2H3;1-2H3. The average Bonchev–Trinajstić information content (AvgIpc) is 2.06. The summed E-state index contributed by atoms with van der Waals surface area (Å²) in [5.41, 5.74) is 0. The van der Waals surface area contributed by atoms with E-state index >= 15 is 0 Å². The van der Waals surface area contributed by atoms with Crippen LogP contribution in [0.5, 0.6) is 0 Å². The molecule has 72 valence electrons. The van der Waals surface area contributed by atoms with Crippen LogP contribution < -0.4 is 0 Å². The first-order valence-corrected chi connectivity index (χ1v) is 4.70. The van der Waals surface area contributed by atoms with E-state index in [-0.39, 0.29) is 6.10 Å². The van der Waals surface area contributed by atoms with Crippen molar-refractivity contribution >= 4 is 0 Å². The third-order valence-electron chi connectivity index (χ3n) is 1.85. The first-order valence-electron chi connectivity index (χ1n) is 4.70. The number of nitrogens with zero attached hydrogens (tertiary/aromatic N) is 1. The Bertz CT molecular complexity index is 118. The van der Waals surface area contributed by atoms with Gasteiger partial charge < -0.3 is 4.74 Å². The van der Waals surface area contributed by atoms with Crippen LogP contribution in [0.1, 0.15) is 40.5 Å². The van der Waals surface area contributed by atoms with E-state index in [4.69, 9.17) is 4.74 Å². The van der Waals surface area contributed by atoms with Gasteiger partial charge in [-0.2, -0.15) is 0 Å². The molecule has 0 saturated carbocycles. The van der Waals surface area contributed by atoms with Gasteiger partial charge in [-0.1, -0.05) is 20.8 Å².